The van der Waals surface area contributed by atoms with Crippen LogP contribution in [0.1, 0.15) is 34.0 Å². The van der Waals surface area contributed by atoms with Crippen LogP contribution in [0.15, 0.2) is 67.6 Å². The fraction of sp³-hybridized carbons (Fsp3) is 0.214. The lowest BCUT2D eigenvalue weighted by Gasteiger charge is -2.14. The van der Waals surface area contributed by atoms with Gasteiger partial charge in [0.05, 0.1) is 25.2 Å². The molecule has 36 heavy (non-hydrogen) atoms. The predicted molar refractivity (Wildman–Crippen MR) is 142 cm³/mol. The molecule has 8 nitrogen and oxygen atoms in total. The summed E-state index contributed by atoms with van der Waals surface area (Å²) in [6.45, 7) is 8.70. The summed E-state index contributed by atoms with van der Waals surface area (Å²) < 4.78 is 6.95. The molecule has 0 spiro atoms. The van der Waals surface area contributed by atoms with Crippen molar-refractivity contribution in [2.45, 2.75) is 20.4 Å². The third-order valence-electron chi connectivity index (χ3n) is 5.70. The van der Waals surface area contributed by atoms with E-state index in [9.17, 15) is 4.79 Å². The van der Waals surface area contributed by atoms with Gasteiger partial charge in [-0.15, -0.1) is 5.10 Å². The molecule has 2 aromatic carbocycles. The highest BCUT2D eigenvalue weighted by Crippen LogP contribution is 2.24. The molecule has 0 saturated heterocycles. The van der Waals surface area contributed by atoms with Crippen LogP contribution < -0.4 is 10.1 Å². The standard InChI is InChI=1S/C28H30N6O2/c1-18(2)21-9-20(16-33(4)5)10-22(11-21)28(35)30-24-8-7-19(3)27(13-24)34-17-26(31-32-34)23-12-25(36-6)15-29-14-23/h7-15,17H,1,16H2,2-6H3,(H,30,35). The summed E-state index contributed by atoms with van der Waals surface area (Å²) in [6.07, 6.45) is 5.18. The largest absolute Gasteiger partial charge is 0.495 e. The first-order valence-electron chi connectivity index (χ1n) is 11.5. The molecule has 8 heteroatoms. The number of nitrogens with one attached hydrogen (secondary N) is 1. The van der Waals surface area contributed by atoms with Crippen molar-refractivity contribution in [3.8, 4) is 22.7 Å². The average Bonchev–Trinajstić information content (AvgIpc) is 3.34. The van der Waals surface area contributed by atoms with Crippen molar-refractivity contribution in [1.82, 2.24) is 24.9 Å². The van der Waals surface area contributed by atoms with Gasteiger partial charge in [-0.25, -0.2) is 4.68 Å². The van der Waals surface area contributed by atoms with E-state index in [0.29, 0.717) is 22.7 Å². The molecule has 184 valence electrons. The second kappa shape index (κ2) is 10.5. The Bertz CT molecular complexity index is 1420. The number of allylic oxidation sites excluding steroid dienone is 1. The van der Waals surface area contributed by atoms with Gasteiger partial charge in [0.1, 0.15) is 11.4 Å². The number of hydrogen-bond donors (Lipinski definition) is 1. The van der Waals surface area contributed by atoms with Gasteiger partial charge in [0.25, 0.3) is 5.91 Å². The maximum Gasteiger partial charge on any atom is 0.255 e. The van der Waals surface area contributed by atoms with Crippen LogP contribution in [0.3, 0.4) is 0 Å². The van der Waals surface area contributed by atoms with E-state index in [1.807, 2.05) is 70.5 Å². The van der Waals surface area contributed by atoms with Crippen LogP contribution in [0.4, 0.5) is 5.69 Å². The minimum Gasteiger partial charge on any atom is -0.495 e. The molecule has 0 bridgehead atoms. The molecule has 0 aliphatic carbocycles. The van der Waals surface area contributed by atoms with Crippen LogP contribution in [-0.2, 0) is 6.54 Å². The minimum absolute atomic E-state index is 0.186. The number of methoxy groups -OCH3 is 1. The van der Waals surface area contributed by atoms with Crippen molar-refractivity contribution in [1.29, 1.82) is 0 Å². The molecule has 0 saturated carbocycles. The first-order valence-corrected chi connectivity index (χ1v) is 11.5. The van der Waals surface area contributed by atoms with E-state index in [1.54, 1.807) is 24.2 Å². The third kappa shape index (κ3) is 5.67. The van der Waals surface area contributed by atoms with E-state index >= 15 is 0 Å². The van der Waals surface area contributed by atoms with Crippen molar-refractivity contribution in [2.24, 2.45) is 0 Å². The maximum atomic E-state index is 13.2. The summed E-state index contributed by atoms with van der Waals surface area (Å²) in [5.74, 6) is 0.460. The lowest BCUT2D eigenvalue weighted by molar-refractivity contribution is 0.102. The first-order chi connectivity index (χ1) is 17.2. The minimum atomic E-state index is -0.186. The molecule has 0 unspecified atom stereocenters. The fourth-order valence-electron chi connectivity index (χ4n) is 3.85. The fourth-order valence-corrected chi connectivity index (χ4v) is 3.85. The van der Waals surface area contributed by atoms with Crippen LogP contribution in [-0.4, -0.2) is 52.0 Å². The van der Waals surface area contributed by atoms with Gasteiger partial charge in [0.2, 0.25) is 0 Å². The molecule has 0 aliphatic rings. The molecule has 1 N–H and O–H groups in total. The molecule has 0 fully saturated rings. The number of aryl methyl sites for hydroxylation is 1. The van der Waals surface area contributed by atoms with E-state index in [1.165, 1.54) is 0 Å². The zero-order valence-electron chi connectivity index (χ0n) is 21.2. The van der Waals surface area contributed by atoms with Gasteiger partial charge in [-0.05, 0) is 75.0 Å². The highest BCUT2D eigenvalue weighted by atomic mass is 16.5. The van der Waals surface area contributed by atoms with E-state index in [0.717, 1.165) is 40.1 Å². The van der Waals surface area contributed by atoms with Gasteiger partial charge < -0.3 is 15.0 Å². The molecular weight excluding hydrogens is 452 g/mol. The van der Waals surface area contributed by atoms with Gasteiger partial charge in [0.15, 0.2) is 0 Å². The van der Waals surface area contributed by atoms with Crippen molar-refractivity contribution < 1.29 is 9.53 Å². The van der Waals surface area contributed by atoms with Crippen molar-refractivity contribution >= 4 is 17.2 Å². The molecule has 0 radical (unpaired) electrons. The second-order valence-electron chi connectivity index (χ2n) is 9.05. The van der Waals surface area contributed by atoms with E-state index in [4.69, 9.17) is 4.74 Å². The van der Waals surface area contributed by atoms with E-state index < -0.39 is 0 Å². The van der Waals surface area contributed by atoms with Gasteiger partial charge in [-0.1, -0.05) is 29.5 Å². The number of amides is 1. The van der Waals surface area contributed by atoms with Gasteiger partial charge in [0, 0.05) is 29.6 Å². The number of carbonyl (C=O) groups excluding carboxylic acids is 1. The number of ether oxygens (including phenoxy) is 1. The number of hydrogen-bond acceptors (Lipinski definition) is 6. The monoisotopic (exact) mass is 482 g/mol. The Morgan fingerprint density at radius 1 is 1.11 bits per heavy atom. The predicted octanol–water partition coefficient (Wildman–Crippen LogP) is 4.99. The average molecular weight is 483 g/mol. The Labute approximate surface area is 211 Å². The van der Waals surface area contributed by atoms with E-state index in [-0.39, 0.29) is 5.91 Å². The summed E-state index contributed by atoms with van der Waals surface area (Å²) in [4.78, 5) is 19.5. The molecule has 1 amide bonds. The van der Waals surface area contributed by atoms with Crippen molar-refractivity contribution in [3.05, 3.63) is 89.9 Å². The van der Waals surface area contributed by atoms with Crippen LogP contribution >= 0.6 is 0 Å². The Kier molecular flexibility index (Phi) is 7.26. The third-order valence-corrected chi connectivity index (χ3v) is 5.70. The number of carbonyl (C=O) groups is 1. The Morgan fingerprint density at radius 3 is 2.61 bits per heavy atom. The summed E-state index contributed by atoms with van der Waals surface area (Å²) in [7, 11) is 5.60. The van der Waals surface area contributed by atoms with E-state index in [2.05, 4.69) is 38.2 Å². The van der Waals surface area contributed by atoms with Crippen LogP contribution in [0, 0.1) is 6.92 Å². The topological polar surface area (TPSA) is 85.2 Å². The number of nitrogens with zero attached hydrogens (tertiary/aromatic N) is 5. The van der Waals surface area contributed by atoms with Crippen molar-refractivity contribution in [3.63, 3.8) is 0 Å². The highest BCUT2D eigenvalue weighted by Gasteiger charge is 2.13. The van der Waals surface area contributed by atoms with Gasteiger partial charge in [-0.3, -0.25) is 9.78 Å². The second-order valence-corrected chi connectivity index (χ2v) is 9.05. The highest BCUT2D eigenvalue weighted by molar-refractivity contribution is 6.05. The molecule has 4 rings (SSSR count). The zero-order valence-corrected chi connectivity index (χ0v) is 21.2. The quantitative estimate of drug-likeness (QED) is 0.381. The number of benzene rings is 2. The lowest BCUT2D eigenvalue weighted by atomic mass is 10.0. The number of anilines is 1. The molecule has 0 atom stereocenters. The van der Waals surface area contributed by atoms with Crippen LogP contribution in [0.2, 0.25) is 0 Å². The van der Waals surface area contributed by atoms with Gasteiger partial charge >= 0.3 is 0 Å². The van der Waals surface area contributed by atoms with Crippen molar-refractivity contribution in [2.75, 3.05) is 26.5 Å². The smallest absolute Gasteiger partial charge is 0.255 e. The zero-order chi connectivity index (χ0) is 25.8. The van der Waals surface area contributed by atoms with Gasteiger partial charge in [-0.2, -0.15) is 0 Å². The van der Waals surface area contributed by atoms with Crippen LogP contribution in [0.5, 0.6) is 5.75 Å². The Hall–Kier alpha value is -4.30. The Morgan fingerprint density at radius 2 is 1.89 bits per heavy atom. The summed E-state index contributed by atoms with van der Waals surface area (Å²) in [6, 6.07) is 13.4. The molecule has 4 aromatic rings. The number of rotatable bonds is 8. The number of pyridine rings is 1. The molecular formula is C28H30N6O2. The summed E-state index contributed by atoms with van der Waals surface area (Å²) in [5, 5.41) is 11.6. The SMILES string of the molecule is C=C(C)c1cc(CN(C)C)cc(C(=O)Nc2ccc(C)c(-n3cc(-c4cncc(OC)c4)nn3)c2)c1. The molecule has 2 heterocycles. The molecule has 0 aliphatic heterocycles. The summed E-state index contributed by atoms with van der Waals surface area (Å²) in [5.41, 5.74) is 7.43. The first kappa shape index (κ1) is 24.8. The number of aromatic nitrogens is 4. The molecule has 2 aromatic heterocycles. The maximum absolute atomic E-state index is 13.2. The summed E-state index contributed by atoms with van der Waals surface area (Å²) >= 11 is 0. The normalized spacial score (nSPS) is 10.9. The lowest BCUT2D eigenvalue weighted by Crippen LogP contribution is -2.15. The van der Waals surface area contributed by atoms with Crippen LogP contribution in [0.25, 0.3) is 22.5 Å². The Balaban J connectivity index is 1.60.